The molecule has 0 amide bonds. The van der Waals surface area contributed by atoms with E-state index in [0.717, 1.165) is 0 Å². The quantitative estimate of drug-likeness (QED) is 0.354. The Labute approximate surface area is 92.8 Å². The number of aliphatic hydroxyl groups is 1. The van der Waals surface area contributed by atoms with Crippen molar-refractivity contribution in [3.05, 3.63) is 0 Å². The van der Waals surface area contributed by atoms with Gasteiger partial charge in [-0.25, -0.2) is 0 Å². The Morgan fingerprint density at radius 1 is 1.19 bits per heavy atom. The van der Waals surface area contributed by atoms with Crippen molar-refractivity contribution in [2.24, 2.45) is 5.73 Å². The Kier molecular flexibility index (Phi) is 5.32. The van der Waals surface area contributed by atoms with Crippen LogP contribution in [0.15, 0.2) is 0 Å². The van der Waals surface area contributed by atoms with Crippen LogP contribution in [0.1, 0.15) is 26.2 Å². The lowest BCUT2D eigenvalue weighted by atomic mass is 10.1. The van der Waals surface area contributed by atoms with Crippen LogP contribution in [-0.4, -0.2) is 35.8 Å². The molecule has 10 heteroatoms. The van der Waals surface area contributed by atoms with E-state index in [1.807, 2.05) is 0 Å². The van der Waals surface area contributed by atoms with Gasteiger partial charge in [-0.1, -0.05) is 19.8 Å². The largest absolute Gasteiger partial charge is 0.371 e. The molecular formula is C6H17NO7P2. The van der Waals surface area contributed by atoms with Gasteiger partial charge in [0.15, 0.2) is 0 Å². The van der Waals surface area contributed by atoms with Gasteiger partial charge in [-0.3, -0.25) is 9.13 Å². The van der Waals surface area contributed by atoms with E-state index in [4.69, 9.17) is 25.3 Å². The van der Waals surface area contributed by atoms with Crippen LogP contribution in [0.2, 0.25) is 0 Å². The SMILES string of the molecule is CCCCC(N)C(O)(P(=O)(O)O)P(=O)(O)O. The van der Waals surface area contributed by atoms with Crippen LogP contribution in [0, 0.1) is 0 Å². The van der Waals surface area contributed by atoms with Gasteiger partial charge >= 0.3 is 15.2 Å². The Balaban J connectivity index is 5.28. The average molecular weight is 277 g/mol. The molecule has 98 valence electrons. The first-order valence-corrected chi connectivity index (χ1v) is 7.80. The second kappa shape index (κ2) is 5.25. The summed E-state index contributed by atoms with van der Waals surface area (Å²) >= 11 is 0. The molecule has 16 heavy (non-hydrogen) atoms. The van der Waals surface area contributed by atoms with E-state index in [0.29, 0.717) is 12.8 Å². The predicted molar refractivity (Wildman–Crippen MR) is 56.5 cm³/mol. The third kappa shape index (κ3) is 3.12. The fourth-order valence-corrected chi connectivity index (χ4v) is 3.70. The highest BCUT2D eigenvalue weighted by atomic mass is 31.2. The van der Waals surface area contributed by atoms with Gasteiger partial charge in [-0.05, 0) is 6.42 Å². The van der Waals surface area contributed by atoms with Crippen molar-refractivity contribution in [1.82, 2.24) is 0 Å². The zero-order valence-corrected chi connectivity index (χ0v) is 10.5. The molecule has 1 unspecified atom stereocenters. The van der Waals surface area contributed by atoms with E-state index in [1.165, 1.54) is 0 Å². The van der Waals surface area contributed by atoms with Gasteiger partial charge in [0.2, 0.25) is 0 Å². The van der Waals surface area contributed by atoms with Gasteiger partial charge in [0.1, 0.15) is 0 Å². The van der Waals surface area contributed by atoms with Crippen molar-refractivity contribution in [1.29, 1.82) is 0 Å². The summed E-state index contributed by atoms with van der Waals surface area (Å²) in [6.07, 6.45) is 0.915. The molecule has 1 atom stereocenters. The summed E-state index contributed by atoms with van der Waals surface area (Å²) in [5.74, 6) is 0. The second-order valence-corrected chi connectivity index (χ2v) is 7.42. The fraction of sp³-hybridized carbons (Fsp3) is 1.00. The molecule has 0 rings (SSSR count). The van der Waals surface area contributed by atoms with Crippen LogP contribution in [0.4, 0.5) is 0 Å². The first-order valence-electron chi connectivity index (χ1n) is 4.57. The van der Waals surface area contributed by atoms with Gasteiger partial charge in [0.25, 0.3) is 5.08 Å². The van der Waals surface area contributed by atoms with Crippen LogP contribution in [0.5, 0.6) is 0 Å². The summed E-state index contributed by atoms with van der Waals surface area (Å²) in [7, 11) is -10.9. The number of nitrogens with two attached hydrogens (primary N) is 1. The Morgan fingerprint density at radius 3 is 1.81 bits per heavy atom. The van der Waals surface area contributed by atoms with Crippen LogP contribution >= 0.6 is 15.2 Å². The molecule has 7 N–H and O–H groups in total. The lowest BCUT2D eigenvalue weighted by Crippen LogP contribution is -2.47. The van der Waals surface area contributed by atoms with Crippen LogP contribution in [0.3, 0.4) is 0 Å². The first-order chi connectivity index (χ1) is 6.98. The van der Waals surface area contributed by atoms with Crippen molar-refractivity contribution in [2.45, 2.75) is 37.3 Å². The summed E-state index contributed by atoms with van der Waals surface area (Å²) in [5.41, 5.74) is 5.28. The Hall–Kier alpha value is 0.220. The zero-order valence-electron chi connectivity index (χ0n) is 8.72. The van der Waals surface area contributed by atoms with Gasteiger partial charge in [-0.2, -0.15) is 0 Å². The van der Waals surface area contributed by atoms with Crippen LogP contribution in [0.25, 0.3) is 0 Å². The van der Waals surface area contributed by atoms with Gasteiger partial charge < -0.3 is 30.4 Å². The smallest absolute Gasteiger partial charge is 0.366 e. The lowest BCUT2D eigenvalue weighted by molar-refractivity contribution is 0.104. The van der Waals surface area contributed by atoms with Gasteiger partial charge in [0, 0.05) is 0 Å². The molecule has 0 aliphatic heterocycles. The molecule has 0 aromatic heterocycles. The molecule has 0 aromatic carbocycles. The van der Waals surface area contributed by atoms with E-state index in [2.05, 4.69) is 0 Å². The normalized spacial score (nSPS) is 16.2. The van der Waals surface area contributed by atoms with Crippen molar-refractivity contribution in [3.8, 4) is 0 Å². The Bertz CT molecular complexity index is 299. The molecule has 0 saturated heterocycles. The summed E-state index contributed by atoms with van der Waals surface area (Å²) in [5, 5.41) is 6.02. The van der Waals surface area contributed by atoms with Crippen LogP contribution in [-0.2, 0) is 9.13 Å². The van der Waals surface area contributed by atoms with E-state index in [-0.39, 0.29) is 6.42 Å². The van der Waals surface area contributed by atoms with Gasteiger partial charge in [0.05, 0.1) is 6.04 Å². The highest BCUT2D eigenvalue weighted by Crippen LogP contribution is 2.68. The minimum absolute atomic E-state index is 0.0940. The number of hydrogen-bond acceptors (Lipinski definition) is 4. The van der Waals surface area contributed by atoms with E-state index in [9.17, 15) is 14.2 Å². The highest BCUT2D eigenvalue weighted by Gasteiger charge is 2.62. The molecule has 0 aliphatic rings. The summed E-state index contributed by atoms with van der Waals surface area (Å²) < 4.78 is 22.0. The zero-order chi connectivity index (χ0) is 13.2. The molecule has 0 spiro atoms. The standard InChI is InChI=1S/C6H17NO7P2/c1-2-3-4-5(7)6(8,15(9,10)11)16(12,13)14/h5,8H,2-4,7H2,1H3,(H2,9,10,11)(H2,12,13,14). The maximum atomic E-state index is 11.0. The maximum Gasteiger partial charge on any atom is 0.371 e. The summed E-state index contributed by atoms with van der Waals surface area (Å²) in [4.78, 5) is 35.3. The maximum absolute atomic E-state index is 11.0. The molecular weight excluding hydrogens is 260 g/mol. The molecule has 8 nitrogen and oxygen atoms in total. The number of hydrogen-bond donors (Lipinski definition) is 6. The van der Waals surface area contributed by atoms with Crippen molar-refractivity contribution >= 4 is 15.2 Å². The number of unbranched alkanes of at least 4 members (excludes halogenated alkanes) is 1. The molecule has 0 aliphatic carbocycles. The third-order valence-corrected chi connectivity index (χ3v) is 6.16. The molecule has 0 aromatic rings. The Morgan fingerprint density at radius 2 is 1.56 bits per heavy atom. The monoisotopic (exact) mass is 277 g/mol. The second-order valence-electron chi connectivity index (χ2n) is 3.52. The van der Waals surface area contributed by atoms with Gasteiger partial charge in [-0.15, -0.1) is 0 Å². The van der Waals surface area contributed by atoms with E-state index >= 15 is 0 Å². The minimum atomic E-state index is -5.44. The first kappa shape index (κ1) is 16.2. The van der Waals surface area contributed by atoms with E-state index < -0.39 is 26.3 Å². The average Bonchev–Trinajstić information content (AvgIpc) is 2.08. The van der Waals surface area contributed by atoms with Crippen molar-refractivity contribution in [2.75, 3.05) is 0 Å². The lowest BCUT2D eigenvalue weighted by Gasteiger charge is -2.34. The molecule has 0 heterocycles. The van der Waals surface area contributed by atoms with Crippen molar-refractivity contribution < 1.29 is 33.8 Å². The molecule has 0 fully saturated rings. The molecule has 0 radical (unpaired) electrons. The fourth-order valence-electron chi connectivity index (χ4n) is 1.22. The summed E-state index contributed by atoms with van der Waals surface area (Å²) in [6, 6.07) is -1.69. The van der Waals surface area contributed by atoms with Crippen LogP contribution < -0.4 is 5.73 Å². The minimum Gasteiger partial charge on any atom is -0.366 e. The highest BCUT2D eigenvalue weighted by molar-refractivity contribution is 7.72. The van der Waals surface area contributed by atoms with E-state index in [1.54, 1.807) is 6.92 Å². The molecule has 0 bridgehead atoms. The topological polar surface area (TPSA) is 161 Å². The van der Waals surface area contributed by atoms with Crippen molar-refractivity contribution in [3.63, 3.8) is 0 Å². The number of rotatable bonds is 6. The predicted octanol–water partition coefficient (Wildman–Crippen LogP) is -0.495. The third-order valence-electron chi connectivity index (χ3n) is 2.22. The summed E-state index contributed by atoms with van der Waals surface area (Å²) in [6.45, 7) is 1.76. The molecule has 0 saturated carbocycles.